The van der Waals surface area contributed by atoms with E-state index in [1.54, 1.807) is 25.6 Å². The Morgan fingerprint density at radius 2 is 1.65 bits per heavy atom. The summed E-state index contributed by atoms with van der Waals surface area (Å²) in [5.41, 5.74) is 1.53. The lowest BCUT2D eigenvalue weighted by atomic mass is 9.83. The van der Waals surface area contributed by atoms with E-state index in [-0.39, 0.29) is 0 Å². The smallest absolute Gasteiger partial charge is 0.336 e. The minimum absolute atomic E-state index is 0.389. The molecule has 0 amide bonds. The van der Waals surface area contributed by atoms with Gasteiger partial charge >= 0.3 is 11.9 Å². The molecule has 0 atom stereocenters. The molecule has 0 bridgehead atoms. The average Bonchev–Trinajstić information content (AvgIpc) is 2.70. The second-order valence-electron chi connectivity index (χ2n) is 5.95. The Labute approximate surface area is 154 Å². The highest BCUT2D eigenvalue weighted by Gasteiger charge is 2.35. The van der Waals surface area contributed by atoms with Gasteiger partial charge in [-0.3, -0.25) is 0 Å². The van der Waals surface area contributed by atoms with Gasteiger partial charge in [0.2, 0.25) is 0 Å². The first-order valence-corrected chi connectivity index (χ1v) is 8.55. The molecular weight excluding hydrogens is 334 g/mol. The van der Waals surface area contributed by atoms with Gasteiger partial charge < -0.3 is 19.1 Å². The molecule has 140 valence electrons. The molecule has 26 heavy (non-hydrogen) atoms. The van der Waals surface area contributed by atoms with Gasteiger partial charge in [-0.25, -0.2) is 9.59 Å². The van der Waals surface area contributed by atoms with E-state index in [4.69, 9.17) is 14.2 Å². The van der Waals surface area contributed by atoms with Crippen LogP contribution in [0.2, 0.25) is 0 Å². The highest BCUT2D eigenvalue weighted by molar-refractivity contribution is 5.98. The standard InChI is InChI=1S/C20H25NO5/c1-5-6-10-21-12-16(19(22)25-3)18(17(13-21)20(23)26-4)14-8-7-9-15(11-14)24-2/h7-9,11-13,18H,5-6,10H2,1-4H3. The van der Waals surface area contributed by atoms with Gasteiger partial charge in [-0.05, 0) is 24.1 Å². The van der Waals surface area contributed by atoms with E-state index in [0.717, 1.165) is 18.4 Å². The fourth-order valence-corrected chi connectivity index (χ4v) is 2.94. The first-order chi connectivity index (χ1) is 12.5. The lowest BCUT2D eigenvalue weighted by Gasteiger charge is -2.30. The van der Waals surface area contributed by atoms with Crippen LogP contribution in [0.3, 0.4) is 0 Å². The summed E-state index contributed by atoms with van der Waals surface area (Å²) in [7, 11) is 4.23. The van der Waals surface area contributed by atoms with Crippen LogP contribution in [0.25, 0.3) is 0 Å². The van der Waals surface area contributed by atoms with Crippen molar-refractivity contribution >= 4 is 11.9 Å². The third-order valence-electron chi connectivity index (χ3n) is 4.27. The SMILES string of the molecule is CCCCN1C=C(C(=O)OC)C(c2cccc(OC)c2)C(C(=O)OC)=C1. The first kappa shape index (κ1) is 19.6. The second-order valence-corrected chi connectivity index (χ2v) is 5.95. The topological polar surface area (TPSA) is 65.1 Å². The van der Waals surface area contributed by atoms with E-state index in [1.807, 2.05) is 23.1 Å². The largest absolute Gasteiger partial charge is 0.497 e. The molecule has 6 nitrogen and oxygen atoms in total. The van der Waals surface area contributed by atoms with Crippen LogP contribution >= 0.6 is 0 Å². The summed E-state index contributed by atoms with van der Waals surface area (Å²) in [5, 5.41) is 0. The van der Waals surface area contributed by atoms with E-state index < -0.39 is 17.9 Å². The van der Waals surface area contributed by atoms with Crippen LogP contribution in [0, 0.1) is 0 Å². The predicted octanol–water partition coefficient (Wildman–Crippen LogP) is 3.01. The number of rotatable bonds is 7. The summed E-state index contributed by atoms with van der Waals surface area (Å²) in [6, 6.07) is 7.28. The molecule has 1 heterocycles. The normalized spacial score (nSPS) is 14.4. The fraction of sp³-hybridized carbons (Fsp3) is 0.400. The molecule has 0 spiro atoms. The van der Waals surface area contributed by atoms with Gasteiger partial charge in [-0.1, -0.05) is 25.5 Å². The Hall–Kier alpha value is -2.76. The van der Waals surface area contributed by atoms with E-state index >= 15 is 0 Å². The van der Waals surface area contributed by atoms with Crippen LogP contribution in [0.5, 0.6) is 5.75 Å². The molecule has 0 aromatic heterocycles. The maximum Gasteiger partial charge on any atom is 0.336 e. The number of carbonyl (C=O) groups is 2. The Morgan fingerprint density at radius 3 is 2.15 bits per heavy atom. The zero-order valence-corrected chi connectivity index (χ0v) is 15.7. The summed E-state index contributed by atoms with van der Waals surface area (Å²) in [4.78, 5) is 26.8. The molecule has 1 aliphatic rings. The zero-order valence-electron chi connectivity index (χ0n) is 15.7. The van der Waals surface area contributed by atoms with Crippen LogP contribution in [0.1, 0.15) is 31.2 Å². The molecule has 0 unspecified atom stereocenters. The molecule has 0 radical (unpaired) electrons. The monoisotopic (exact) mass is 359 g/mol. The minimum Gasteiger partial charge on any atom is -0.497 e. The van der Waals surface area contributed by atoms with Gasteiger partial charge in [0.1, 0.15) is 5.75 Å². The molecule has 0 saturated carbocycles. The first-order valence-electron chi connectivity index (χ1n) is 8.55. The maximum absolute atomic E-state index is 12.5. The van der Waals surface area contributed by atoms with Crippen LogP contribution in [0.4, 0.5) is 0 Å². The number of methoxy groups -OCH3 is 3. The number of hydrogen-bond donors (Lipinski definition) is 0. The lowest BCUT2D eigenvalue weighted by molar-refractivity contribution is -0.137. The van der Waals surface area contributed by atoms with E-state index in [0.29, 0.717) is 23.4 Å². The van der Waals surface area contributed by atoms with Crippen molar-refractivity contribution in [3.63, 3.8) is 0 Å². The van der Waals surface area contributed by atoms with Gasteiger partial charge in [0, 0.05) is 18.9 Å². The maximum atomic E-state index is 12.5. The van der Waals surface area contributed by atoms with Gasteiger partial charge in [0.25, 0.3) is 0 Å². The molecule has 1 aromatic carbocycles. The number of esters is 2. The summed E-state index contributed by atoms with van der Waals surface area (Å²) in [6.07, 6.45) is 5.43. The minimum atomic E-state index is -0.581. The molecule has 1 aliphatic heterocycles. The van der Waals surface area contributed by atoms with Gasteiger partial charge in [-0.2, -0.15) is 0 Å². The molecule has 1 aromatic rings. The fourth-order valence-electron chi connectivity index (χ4n) is 2.94. The number of benzene rings is 1. The van der Waals surface area contributed by atoms with Crippen molar-refractivity contribution in [3.05, 3.63) is 53.4 Å². The number of hydrogen-bond acceptors (Lipinski definition) is 6. The van der Waals surface area contributed by atoms with Crippen molar-refractivity contribution in [3.8, 4) is 5.75 Å². The predicted molar refractivity (Wildman–Crippen MR) is 97.5 cm³/mol. The third-order valence-corrected chi connectivity index (χ3v) is 4.27. The van der Waals surface area contributed by atoms with Crippen molar-refractivity contribution in [2.45, 2.75) is 25.7 Å². The number of nitrogens with zero attached hydrogens (tertiary/aromatic N) is 1. The molecule has 2 rings (SSSR count). The van der Waals surface area contributed by atoms with Crippen LogP contribution in [-0.4, -0.2) is 44.7 Å². The van der Waals surface area contributed by atoms with Gasteiger partial charge in [0.05, 0.1) is 38.4 Å². The van der Waals surface area contributed by atoms with E-state index in [2.05, 4.69) is 6.92 Å². The number of carbonyl (C=O) groups excluding carboxylic acids is 2. The quantitative estimate of drug-likeness (QED) is 0.697. The summed E-state index contributed by atoms with van der Waals surface area (Å²) < 4.78 is 15.2. The number of unbranched alkanes of at least 4 members (excludes halogenated alkanes) is 1. The lowest BCUT2D eigenvalue weighted by Crippen LogP contribution is -2.29. The number of ether oxygens (including phenoxy) is 3. The van der Waals surface area contributed by atoms with Crippen LogP contribution in [0.15, 0.2) is 47.8 Å². The molecule has 0 saturated heterocycles. The zero-order chi connectivity index (χ0) is 19.1. The van der Waals surface area contributed by atoms with Crippen LogP contribution in [-0.2, 0) is 19.1 Å². The van der Waals surface area contributed by atoms with Crippen molar-refractivity contribution in [2.75, 3.05) is 27.9 Å². The molecule has 0 N–H and O–H groups in total. The average molecular weight is 359 g/mol. The van der Waals surface area contributed by atoms with Crippen molar-refractivity contribution in [2.24, 2.45) is 0 Å². The summed E-state index contributed by atoms with van der Waals surface area (Å²) in [6.45, 7) is 2.78. The summed E-state index contributed by atoms with van der Waals surface area (Å²) in [5.74, 6) is -0.894. The van der Waals surface area contributed by atoms with Crippen molar-refractivity contribution in [1.82, 2.24) is 4.90 Å². The van der Waals surface area contributed by atoms with E-state index in [9.17, 15) is 9.59 Å². The Kier molecular flexibility index (Phi) is 6.83. The summed E-state index contributed by atoms with van der Waals surface area (Å²) >= 11 is 0. The Bertz CT molecular complexity index is 689. The third kappa shape index (κ3) is 4.25. The van der Waals surface area contributed by atoms with Crippen molar-refractivity contribution in [1.29, 1.82) is 0 Å². The van der Waals surface area contributed by atoms with Gasteiger partial charge in [0.15, 0.2) is 0 Å². The molecule has 0 aliphatic carbocycles. The van der Waals surface area contributed by atoms with Crippen LogP contribution < -0.4 is 4.74 Å². The Balaban J connectivity index is 2.55. The van der Waals surface area contributed by atoms with Gasteiger partial charge in [-0.15, -0.1) is 0 Å². The molecule has 6 heteroatoms. The second kappa shape index (κ2) is 9.08. The molecule has 0 fully saturated rings. The van der Waals surface area contributed by atoms with Crippen molar-refractivity contribution < 1.29 is 23.8 Å². The highest BCUT2D eigenvalue weighted by Crippen LogP contribution is 2.38. The highest BCUT2D eigenvalue weighted by atomic mass is 16.5. The molecular formula is C20H25NO5. The Morgan fingerprint density at radius 1 is 1.04 bits per heavy atom. The van der Waals surface area contributed by atoms with E-state index in [1.165, 1.54) is 14.2 Å².